The summed E-state index contributed by atoms with van der Waals surface area (Å²) in [6.07, 6.45) is 0.486. The highest BCUT2D eigenvalue weighted by Crippen LogP contribution is 2.48. The molecule has 3 N–H and O–H groups in total. The predicted octanol–water partition coefficient (Wildman–Crippen LogP) is 5.18. The van der Waals surface area contributed by atoms with Crippen molar-refractivity contribution in [1.29, 1.82) is 0 Å². The van der Waals surface area contributed by atoms with Crippen LogP contribution in [0.1, 0.15) is 85.3 Å². The lowest BCUT2D eigenvalue weighted by Crippen LogP contribution is -2.59. The number of hydrogen-bond donors (Lipinski definition) is 3. The van der Waals surface area contributed by atoms with Crippen LogP contribution in [-0.2, 0) is 29.1 Å². The minimum Gasteiger partial charge on any atom is -0.488 e. The Hall–Kier alpha value is -4.26. The van der Waals surface area contributed by atoms with Crippen LogP contribution in [0.5, 0.6) is 5.75 Å². The minimum absolute atomic E-state index is 0.0286. The number of carbonyl (C=O) groups excluding carboxylic acids is 4. The average Bonchev–Trinajstić information content (AvgIpc) is 3.85. The Morgan fingerprint density at radius 2 is 1.84 bits per heavy atom. The number of pyridine rings is 1. The fourth-order valence-corrected chi connectivity index (χ4v) is 9.30. The quantitative estimate of drug-likeness (QED) is 0.299. The van der Waals surface area contributed by atoms with Gasteiger partial charge in [0, 0.05) is 36.4 Å². The Morgan fingerprint density at radius 1 is 1.12 bits per heavy atom. The molecule has 14 nitrogen and oxygen atoms in total. The molecule has 7 atom stereocenters. The fraction of sp³-hybridized carbons (Fsp3) is 0.632. The number of amides is 4. The Kier molecular flexibility index (Phi) is 11.5. The first-order valence-corrected chi connectivity index (χ1v) is 21.4. The number of hydrogen-bond acceptors (Lipinski definition) is 11. The molecule has 2 aromatic heterocycles. The van der Waals surface area contributed by atoms with Crippen LogP contribution in [0.4, 0.5) is 18.0 Å². The largest absolute Gasteiger partial charge is 0.488 e. The second-order valence-corrected chi connectivity index (χ2v) is 19.8. The van der Waals surface area contributed by atoms with Crippen LogP contribution in [0, 0.1) is 24.7 Å². The molecule has 4 amide bonds. The SMILES string of the molecule is Cc1cc(O[C@@H]2C[C@H]3C(=O)N[C@]4(C(=O)NS(=O)(=O)C5(C)CC5)C[C@H]4/C=C\CC[C@@H](C)C[C@@H](C)[C@H](NC(=O)OC(C)(C)C(F)(F)F)C(=O)N3C2)cc(-c2cncs2)n1. The van der Waals surface area contributed by atoms with E-state index in [1.54, 1.807) is 50.7 Å². The molecule has 0 bridgehead atoms. The summed E-state index contributed by atoms with van der Waals surface area (Å²) < 4.78 is 79.8. The first kappa shape index (κ1) is 42.3. The van der Waals surface area contributed by atoms with Crippen molar-refractivity contribution in [3.05, 3.63) is 41.7 Å². The third-order valence-corrected chi connectivity index (χ3v) is 14.4. The lowest BCUT2D eigenvalue weighted by atomic mass is 9.88. The van der Waals surface area contributed by atoms with Crippen LogP contribution in [0.25, 0.3) is 10.6 Å². The number of rotatable bonds is 8. The lowest BCUT2D eigenvalue weighted by molar-refractivity contribution is -0.244. The summed E-state index contributed by atoms with van der Waals surface area (Å²) in [6, 6.07) is 0.679. The van der Waals surface area contributed by atoms with Gasteiger partial charge in [-0.2, -0.15) is 13.2 Å². The molecule has 2 aromatic rings. The maximum atomic E-state index is 14.7. The van der Waals surface area contributed by atoms with E-state index in [2.05, 4.69) is 25.3 Å². The van der Waals surface area contributed by atoms with E-state index in [1.165, 1.54) is 16.2 Å². The van der Waals surface area contributed by atoms with Crippen molar-refractivity contribution in [2.45, 2.75) is 127 Å². The van der Waals surface area contributed by atoms with Gasteiger partial charge in [0.25, 0.3) is 5.91 Å². The van der Waals surface area contributed by atoms with Gasteiger partial charge in [0.2, 0.25) is 27.4 Å². The normalized spacial score (nSPS) is 29.7. The Labute approximate surface area is 333 Å². The Balaban J connectivity index is 1.34. The number of ether oxygens (including phenoxy) is 2. The number of fused-ring (bicyclic) bond motifs is 2. The third kappa shape index (κ3) is 9.08. The Morgan fingerprint density at radius 3 is 2.49 bits per heavy atom. The maximum absolute atomic E-state index is 14.7. The molecular formula is C38H49F3N6O8S2. The number of nitrogens with zero attached hydrogens (tertiary/aromatic N) is 3. The number of aromatic nitrogens is 2. The number of thiazole rings is 1. The zero-order valence-electron chi connectivity index (χ0n) is 32.6. The van der Waals surface area contributed by atoms with Crippen LogP contribution in [-0.4, -0.2) is 93.9 Å². The van der Waals surface area contributed by atoms with E-state index in [4.69, 9.17) is 9.47 Å². The predicted molar refractivity (Wildman–Crippen MR) is 203 cm³/mol. The summed E-state index contributed by atoms with van der Waals surface area (Å²) in [5.74, 6) is -3.21. The molecule has 3 fully saturated rings. The van der Waals surface area contributed by atoms with Crippen LogP contribution >= 0.6 is 11.3 Å². The molecule has 4 heterocycles. The maximum Gasteiger partial charge on any atom is 0.427 e. The van der Waals surface area contributed by atoms with E-state index in [0.29, 0.717) is 63.1 Å². The van der Waals surface area contributed by atoms with Gasteiger partial charge in [-0.15, -0.1) is 11.3 Å². The third-order valence-electron chi connectivity index (χ3n) is 11.5. The van der Waals surface area contributed by atoms with Gasteiger partial charge in [0.15, 0.2) is 0 Å². The standard InChI is InChI=1S/C38H49F3N6O8S2/c1-21-9-7-8-10-24-17-37(24,33(50)46-57(52,53)36(6)11-12-36)45-31(48)28-16-26(54-25-14-23(3)43-27(15-25)29-18-42-20-56-29)19-47(28)32(49)30(22(2)13-21)44-34(51)55-35(4,5)38(39,40)41/h8,10,14-15,18,20-22,24,26,28,30H,7,9,11-13,16-17,19H2,1-6H3,(H,44,51)(H,45,48)(H,46,50)/b10-8-/t21-,22-,24-,26-,28+,30+,37-/m1/s1. The monoisotopic (exact) mass is 838 g/mol. The smallest absolute Gasteiger partial charge is 0.427 e. The molecule has 312 valence electrons. The molecule has 19 heteroatoms. The van der Waals surface area contributed by atoms with Crippen molar-refractivity contribution < 1.29 is 50.2 Å². The summed E-state index contributed by atoms with van der Waals surface area (Å²) in [5.41, 5.74) is -1.63. The van der Waals surface area contributed by atoms with E-state index >= 15 is 0 Å². The van der Waals surface area contributed by atoms with Gasteiger partial charge in [-0.3, -0.25) is 29.1 Å². The first-order valence-electron chi connectivity index (χ1n) is 19.0. The van der Waals surface area contributed by atoms with Crippen LogP contribution in [0.3, 0.4) is 0 Å². The molecule has 0 spiro atoms. The van der Waals surface area contributed by atoms with E-state index < -0.39 is 85.9 Å². The molecule has 2 saturated carbocycles. The molecule has 4 aliphatic rings. The molecule has 0 radical (unpaired) electrons. The number of alkyl halides is 3. The molecule has 1 saturated heterocycles. The number of halogens is 3. The minimum atomic E-state index is -4.91. The van der Waals surface area contributed by atoms with E-state index in [9.17, 15) is 40.8 Å². The van der Waals surface area contributed by atoms with Gasteiger partial charge in [0.1, 0.15) is 29.5 Å². The summed E-state index contributed by atoms with van der Waals surface area (Å²) in [6.45, 7) is 8.17. The molecule has 0 aromatic carbocycles. The van der Waals surface area contributed by atoms with Gasteiger partial charge < -0.3 is 25.0 Å². The summed E-state index contributed by atoms with van der Waals surface area (Å²) in [4.78, 5) is 66.8. The second kappa shape index (κ2) is 15.5. The van der Waals surface area contributed by atoms with Gasteiger partial charge in [-0.25, -0.2) is 13.2 Å². The van der Waals surface area contributed by atoms with Crippen molar-refractivity contribution in [2.24, 2.45) is 17.8 Å². The lowest BCUT2D eigenvalue weighted by Gasteiger charge is -2.34. The highest BCUT2D eigenvalue weighted by molar-refractivity contribution is 7.91. The van der Waals surface area contributed by atoms with Crippen molar-refractivity contribution >= 4 is 45.2 Å². The van der Waals surface area contributed by atoms with Crippen molar-refractivity contribution in [3.8, 4) is 16.3 Å². The highest BCUT2D eigenvalue weighted by Gasteiger charge is 2.63. The van der Waals surface area contributed by atoms with Crippen LogP contribution < -0.4 is 20.1 Å². The van der Waals surface area contributed by atoms with Crippen molar-refractivity contribution in [1.82, 2.24) is 30.2 Å². The van der Waals surface area contributed by atoms with E-state index in [0.717, 1.165) is 4.88 Å². The van der Waals surface area contributed by atoms with Gasteiger partial charge in [0.05, 0.1) is 27.4 Å². The van der Waals surface area contributed by atoms with Crippen molar-refractivity contribution in [3.63, 3.8) is 0 Å². The fourth-order valence-electron chi connectivity index (χ4n) is 7.41. The number of sulfonamides is 1. The molecular weight excluding hydrogens is 790 g/mol. The number of carbonyl (C=O) groups is 4. The van der Waals surface area contributed by atoms with E-state index in [-0.39, 0.29) is 25.3 Å². The molecule has 0 unspecified atom stereocenters. The number of allylic oxidation sites excluding steroid dienone is 1. The summed E-state index contributed by atoms with van der Waals surface area (Å²) in [5, 5.41) is 5.19. The molecule has 57 heavy (non-hydrogen) atoms. The van der Waals surface area contributed by atoms with Crippen LogP contribution in [0.15, 0.2) is 36.0 Å². The number of alkyl carbamates (subject to hydrolysis) is 1. The van der Waals surface area contributed by atoms with E-state index in [1.807, 2.05) is 13.0 Å². The number of aryl methyl sites for hydroxylation is 1. The second-order valence-electron chi connectivity index (χ2n) is 16.7. The topological polar surface area (TPSA) is 186 Å². The first-order chi connectivity index (χ1) is 26.5. The summed E-state index contributed by atoms with van der Waals surface area (Å²) in [7, 11) is -4.07. The zero-order valence-corrected chi connectivity index (χ0v) is 34.3. The molecule has 6 rings (SSSR count). The molecule has 2 aliphatic heterocycles. The zero-order chi connectivity index (χ0) is 41.7. The molecule has 2 aliphatic carbocycles. The van der Waals surface area contributed by atoms with Crippen molar-refractivity contribution in [2.75, 3.05) is 6.54 Å². The average molecular weight is 839 g/mol. The van der Waals surface area contributed by atoms with Crippen LogP contribution in [0.2, 0.25) is 0 Å². The highest BCUT2D eigenvalue weighted by atomic mass is 32.2. The summed E-state index contributed by atoms with van der Waals surface area (Å²) >= 11 is 1.38. The van der Waals surface area contributed by atoms with Gasteiger partial charge >= 0.3 is 12.3 Å². The van der Waals surface area contributed by atoms with Gasteiger partial charge in [-0.1, -0.05) is 26.0 Å². The number of nitrogens with one attached hydrogen (secondary N) is 3. The Bertz CT molecular complexity index is 2020. The van der Waals surface area contributed by atoms with Gasteiger partial charge in [-0.05, 0) is 78.1 Å².